The Morgan fingerprint density at radius 1 is 1.30 bits per heavy atom. The quantitative estimate of drug-likeness (QED) is 0.581. The summed E-state index contributed by atoms with van der Waals surface area (Å²) in [6.45, 7) is 11.0. The molecule has 0 atom stereocenters. The highest BCUT2D eigenvalue weighted by atomic mass is 15.1. The number of aromatic amines is 1. The minimum absolute atomic E-state index is 0.0636. The molecular formula is C16H24N4. The number of fused-ring (bicyclic) bond motifs is 1. The molecule has 4 N–H and O–H groups in total. The third-order valence-corrected chi connectivity index (χ3v) is 3.31. The van der Waals surface area contributed by atoms with Gasteiger partial charge in [0.2, 0.25) is 0 Å². The molecule has 0 bridgehead atoms. The van der Waals surface area contributed by atoms with Crippen LogP contribution in [0.1, 0.15) is 37.6 Å². The number of guanidine groups is 1. The molecule has 0 aliphatic rings. The van der Waals surface area contributed by atoms with E-state index in [0.29, 0.717) is 12.5 Å². The van der Waals surface area contributed by atoms with Gasteiger partial charge in [-0.3, -0.25) is 0 Å². The maximum absolute atomic E-state index is 5.89. The summed E-state index contributed by atoms with van der Waals surface area (Å²) in [7, 11) is 0. The van der Waals surface area contributed by atoms with E-state index in [1.165, 1.54) is 27.7 Å². The van der Waals surface area contributed by atoms with Crippen molar-refractivity contribution in [1.29, 1.82) is 0 Å². The maximum atomic E-state index is 5.89. The van der Waals surface area contributed by atoms with Crippen LogP contribution in [-0.4, -0.2) is 16.5 Å². The summed E-state index contributed by atoms with van der Waals surface area (Å²) in [5, 5.41) is 4.43. The Kier molecular flexibility index (Phi) is 3.75. The Hall–Kier alpha value is -1.97. The van der Waals surface area contributed by atoms with E-state index in [1.54, 1.807) is 0 Å². The minimum atomic E-state index is -0.0636. The average molecular weight is 272 g/mol. The number of nitrogens with one attached hydrogen (secondary N) is 2. The van der Waals surface area contributed by atoms with Crippen molar-refractivity contribution in [1.82, 2.24) is 10.3 Å². The molecular weight excluding hydrogens is 248 g/mol. The molecule has 4 nitrogen and oxygen atoms in total. The molecule has 1 heterocycles. The first kappa shape index (κ1) is 14.4. The van der Waals surface area contributed by atoms with Crippen LogP contribution in [0.2, 0.25) is 0 Å². The van der Waals surface area contributed by atoms with E-state index in [-0.39, 0.29) is 5.54 Å². The van der Waals surface area contributed by atoms with Crippen molar-refractivity contribution < 1.29 is 0 Å². The van der Waals surface area contributed by atoms with Crippen LogP contribution >= 0.6 is 0 Å². The van der Waals surface area contributed by atoms with Crippen LogP contribution in [0.4, 0.5) is 0 Å². The second-order valence-corrected chi connectivity index (χ2v) is 6.33. The lowest BCUT2D eigenvalue weighted by molar-refractivity contribution is 0.508. The van der Waals surface area contributed by atoms with E-state index in [9.17, 15) is 0 Å². The molecule has 2 aromatic rings. The highest BCUT2D eigenvalue weighted by Gasteiger charge is 2.09. The van der Waals surface area contributed by atoms with Crippen molar-refractivity contribution in [2.75, 3.05) is 0 Å². The fraction of sp³-hybridized carbons (Fsp3) is 0.438. The van der Waals surface area contributed by atoms with Gasteiger partial charge in [0.25, 0.3) is 0 Å². The summed E-state index contributed by atoms with van der Waals surface area (Å²) in [5.41, 5.74) is 10.7. The van der Waals surface area contributed by atoms with Gasteiger partial charge in [0.1, 0.15) is 0 Å². The van der Waals surface area contributed by atoms with E-state index in [0.717, 1.165) is 0 Å². The Labute approximate surface area is 120 Å². The molecule has 108 valence electrons. The van der Waals surface area contributed by atoms with Crippen LogP contribution in [-0.2, 0) is 6.54 Å². The number of rotatable bonds is 2. The predicted molar refractivity (Wildman–Crippen MR) is 86.0 cm³/mol. The first-order valence-electron chi connectivity index (χ1n) is 6.92. The number of hydrogen-bond donors (Lipinski definition) is 3. The smallest absolute Gasteiger partial charge is 0.189 e. The number of nitrogens with two attached hydrogens (primary N) is 1. The largest absolute Gasteiger partial charge is 0.370 e. The lowest BCUT2D eigenvalue weighted by atomic mass is 10.1. The molecule has 4 heteroatoms. The molecule has 0 unspecified atom stereocenters. The Balaban J connectivity index is 2.18. The molecule has 1 aromatic heterocycles. The van der Waals surface area contributed by atoms with Crippen molar-refractivity contribution in [3.63, 3.8) is 0 Å². The fourth-order valence-electron chi connectivity index (χ4n) is 2.21. The summed E-state index contributed by atoms with van der Waals surface area (Å²) in [6.07, 6.45) is 0. The topological polar surface area (TPSA) is 66.2 Å². The van der Waals surface area contributed by atoms with Gasteiger partial charge in [0.15, 0.2) is 5.96 Å². The third-order valence-electron chi connectivity index (χ3n) is 3.31. The minimum Gasteiger partial charge on any atom is -0.370 e. The molecule has 1 aromatic carbocycles. The van der Waals surface area contributed by atoms with Crippen LogP contribution in [0.25, 0.3) is 10.9 Å². The maximum Gasteiger partial charge on any atom is 0.189 e. The molecule has 0 saturated heterocycles. The van der Waals surface area contributed by atoms with E-state index in [4.69, 9.17) is 5.73 Å². The number of H-pyrrole nitrogens is 1. The van der Waals surface area contributed by atoms with Gasteiger partial charge in [-0.2, -0.15) is 0 Å². The highest BCUT2D eigenvalue weighted by Crippen LogP contribution is 2.22. The Bertz CT molecular complexity index is 644. The zero-order valence-electron chi connectivity index (χ0n) is 13.0. The number of aliphatic imine (C=N–C) groups is 1. The second-order valence-electron chi connectivity index (χ2n) is 6.33. The van der Waals surface area contributed by atoms with Crippen LogP contribution in [0, 0.1) is 13.8 Å². The zero-order chi connectivity index (χ0) is 14.9. The standard InChI is InChI=1S/C16H24N4/c1-10-11(2)19-14-7-6-12(8-13(10)14)9-18-15(17)20-16(3,4)5/h6-8,19H,9H2,1-5H3,(H3,17,18,20). The number of aryl methyl sites for hydroxylation is 2. The monoisotopic (exact) mass is 272 g/mol. The first-order chi connectivity index (χ1) is 9.26. The van der Waals surface area contributed by atoms with E-state index in [2.05, 4.69) is 68.1 Å². The number of benzene rings is 1. The van der Waals surface area contributed by atoms with E-state index < -0.39 is 0 Å². The lowest BCUT2D eigenvalue weighted by Gasteiger charge is -2.20. The zero-order valence-corrected chi connectivity index (χ0v) is 13.0. The Morgan fingerprint density at radius 3 is 2.65 bits per heavy atom. The number of aromatic nitrogens is 1. The van der Waals surface area contributed by atoms with E-state index >= 15 is 0 Å². The molecule has 0 fully saturated rings. The molecule has 0 saturated carbocycles. The summed E-state index contributed by atoms with van der Waals surface area (Å²) in [4.78, 5) is 7.77. The fourth-order valence-corrected chi connectivity index (χ4v) is 2.21. The highest BCUT2D eigenvalue weighted by molar-refractivity contribution is 5.85. The first-order valence-corrected chi connectivity index (χ1v) is 6.92. The van der Waals surface area contributed by atoms with Gasteiger partial charge >= 0.3 is 0 Å². The molecule has 0 aliphatic carbocycles. The molecule has 20 heavy (non-hydrogen) atoms. The normalized spacial score (nSPS) is 12.9. The second kappa shape index (κ2) is 5.19. The van der Waals surface area contributed by atoms with Crippen LogP contribution < -0.4 is 11.1 Å². The summed E-state index contributed by atoms with van der Waals surface area (Å²) < 4.78 is 0. The SMILES string of the molecule is Cc1[nH]c2ccc(CN=C(N)NC(C)(C)C)cc2c1C. The van der Waals surface area contributed by atoms with Crippen LogP contribution in [0.3, 0.4) is 0 Å². The van der Waals surface area contributed by atoms with Crippen LogP contribution in [0.15, 0.2) is 23.2 Å². The summed E-state index contributed by atoms with van der Waals surface area (Å²) in [6, 6.07) is 6.38. The Morgan fingerprint density at radius 2 is 2.00 bits per heavy atom. The molecule has 2 rings (SSSR count). The van der Waals surface area contributed by atoms with Crippen molar-refractivity contribution in [2.45, 2.75) is 46.7 Å². The van der Waals surface area contributed by atoms with Crippen molar-refractivity contribution in [3.8, 4) is 0 Å². The number of nitrogens with zero attached hydrogens (tertiary/aromatic N) is 1. The number of hydrogen-bond acceptors (Lipinski definition) is 1. The van der Waals surface area contributed by atoms with Crippen molar-refractivity contribution in [3.05, 3.63) is 35.0 Å². The van der Waals surface area contributed by atoms with Crippen LogP contribution in [0.5, 0.6) is 0 Å². The van der Waals surface area contributed by atoms with Gasteiger partial charge in [-0.1, -0.05) is 6.07 Å². The van der Waals surface area contributed by atoms with E-state index in [1.807, 2.05) is 0 Å². The van der Waals surface area contributed by atoms with Crippen molar-refractivity contribution >= 4 is 16.9 Å². The summed E-state index contributed by atoms with van der Waals surface area (Å²) >= 11 is 0. The van der Waals surface area contributed by atoms with Gasteiger partial charge < -0.3 is 16.0 Å². The molecule has 0 radical (unpaired) electrons. The van der Waals surface area contributed by atoms with Gasteiger partial charge in [-0.15, -0.1) is 0 Å². The summed E-state index contributed by atoms with van der Waals surface area (Å²) in [5.74, 6) is 0.486. The van der Waals surface area contributed by atoms with Gasteiger partial charge in [-0.25, -0.2) is 4.99 Å². The average Bonchev–Trinajstić information content (AvgIpc) is 2.61. The van der Waals surface area contributed by atoms with Gasteiger partial charge in [-0.05, 0) is 57.9 Å². The van der Waals surface area contributed by atoms with Crippen molar-refractivity contribution in [2.24, 2.45) is 10.7 Å². The predicted octanol–water partition coefficient (Wildman–Crippen LogP) is 2.99. The molecule has 0 spiro atoms. The lowest BCUT2D eigenvalue weighted by Crippen LogP contribution is -2.44. The molecule has 0 amide bonds. The van der Waals surface area contributed by atoms with Gasteiger partial charge in [0, 0.05) is 22.1 Å². The van der Waals surface area contributed by atoms with Gasteiger partial charge in [0.05, 0.1) is 6.54 Å². The molecule has 0 aliphatic heterocycles. The third kappa shape index (κ3) is 3.32.